The van der Waals surface area contributed by atoms with Gasteiger partial charge >= 0.3 is 8.56 Å². The van der Waals surface area contributed by atoms with Crippen molar-refractivity contribution in [1.29, 1.82) is 0 Å². The lowest BCUT2D eigenvalue weighted by Gasteiger charge is -2.29. The van der Waals surface area contributed by atoms with E-state index in [9.17, 15) is 0 Å². The molecule has 0 saturated heterocycles. The molecule has 0 aromatic heterocycles. The fourth-order valence-corrected chi connectivity index (χ4v) is 4.42. The van der Waals surface area contributed by atoms with Crippen molar-refractivity contribution in [2.24, 2.45) is 11.7 Å². The molecule has 0 aliphatic carbocycles. The van der Waals surface area contributed by atoms with Crippen molar-refractivity contribution in [2.45, 2.75) is 38.9 Å². The van der Waals surface area contributed by atoms with Gasteiger partial charge in [-0.3, -0.25) is 0 Å². The molecule has 98 valence electrons. The van der Waals surface area contributed by atoms with E-state index in [1.54, 1.807) is 14.2 Å². The Labute approximate surface area is 101 Å². The maximum atomic E-state index is 5.68. The van der Waals surface area contributed by atoms with Gasteiger partial charge in [0.25, 0.3) is 0 Å². The standard InChI is InChI=1S/C11H28N2O2Si/c1-6-16(14-4,15-5)9-10(2)7-13-8-11(3)12/h10-11,13H,6-9,12H2,1-5H3. The summed E-state index contributed by atoms with van der Waals surface area (Å²) in [5.74, 6) is 0.560. The Bertz CT molecular complexity index is 167. The van der Waals surface area contributed by atoms with Crippen LogP contribution < -0.4 is 11.1 Å². The summed E-state index contributed by atoms with van der Waals surface area (Å²) in [5, 5.41) is 3.37. The number of nitrogens with two attached hydrogens (primary N) is 1. The summed E-state index contributed by atoms with van der Waals surface area (Å²) < 4.78 is 11.2. The zero-order valence-electron chi connectivity index (χ0n) is 11.4. The molecular weight excluding hydrogens is 220 g/mol. The van der Waals surface area contributed by atoms with E-state index in [2.05, 4.69) is 19.2 Å². The molecule has 0 spiro atoms. The fraction of sp³-hybridized carbons (Fsp3) is 1.00. The highest BCUT2D eigenvalue weighted by Gasteiger charge is 2.34. The van der Waals surface area contributed by atoms with Crippen LogP contribution in [0.2, 0.25) is 12.1 Å². The minimum absolute atomic E-state index is 0.213. The van der Waals surface area contributed by atoms with E-state index in [0.29, 0.717) is 5.92 Å². The molecule has 4 nitrogen and oxygen atoms in total. The molecule has 0 rings (SSSR count). The SMILES string of the molecule is CC[Si](CC(C)CNCC(C)N)(OC)OC. The summed E-state index contributed by atoms with van der Waals surface area (Å²) in [7, 11) is 1.60. The van der Waals surface area contributed by atoms with Gasteiger partial charge in [0, 0.05) is 26.8 Å². The van der Waals surface area contributed by atoms with Gasteiger partial charge in [-0.1, -0.05) is 13.8 Å². The molecule has 0 heterocycles. The van der Waals surface area contributed by atoms with Gasteiger partial charge in [0.15, 0.2) is 0 Å². The number of hydrogen-bond acceptors (Lipinski definition) is 4. The molecular formula is C11H28N2O2Si. The molecule has 0 radical (unpaired) electrons. The Morgan fingerprint density at radius 2 is 1.75 bits per heavy atom. The first-order valence-electron chi connectivity index (χ1n) is 6.06. The van der Waals surface area contributed by atoms with E-state index >= 15 is 0 Å². The van der Waals surface area contributed by atoms with Crippen molar-refractivity contribution >= 4 is 8.56 Å². The van der Waals surface area contributed by atoms with E-state index in [1.807, 2.05) is 6.92 Å². The molecule has 0 saturated carbocycles. The summed E-state index contributed by atoms with van der Waals surface area (Å²) in [6, 6.07) is 2.24. The van der Waals surface area contributed by atoms with E-state index in [4.69, 9.17) is 14.6 Å². The van der Waals surface area contributed by atoms with Crippen LogP contribution in [0.1, 0.15) is 20.8 Å². The van der Waals surface area contributed by atoms with Crippen LogP contribution in [-0.4, -0.2) is 41.9 Å². The zero-order valence-corrected chi connectivity index (χ0v) is 12.4. The molecule has 0 fully saturated rings. The second-order valence-corrected chi connectivity index (χ2v) is 8.37. The molecule has 0 aliphatic heterocycles. The minimum Gasteiger partial charge on any atom is -0.398 e. The minimum atomic E-state index is -1.93. The van der Waals surface area contributed by atoms with Crippen LogP contribution in [0, 0.1) is 5.92 Å². The Morgan fingerprint density at radius 3 is 2.12 bits per heavy atom. The van der Waals surface area contributed by atoms with Gasteiger partial charge in [0.2, 0.25) is 0 Å². The average molecular weight is 248 g/mol. The summed E-state index contributed by atoms with van der Waals surface area (Å²) in [6.45, 7) is 8.21. The van der Waals surface area contributed by atoms with Gasteiger partial charge in [0.1, 0.15) is 0 Å². The highest BCUT2D eigenvalue weighted by atomic mass is 28.4. The molecule has 2 atom stereocenters. The van der Waals surface area contributed by atoms with Crippen molar-refractivity contribution < 1.29 is 8.85 Å². The van der Waals surface area contributed by atoms with Crippen LogP contribution in [0.3, 0.4) is 0 Å². The Balaban J connectivity index is 3.95. The number of rotatable bonds is 9. The first-order chi connectivity index (χ1) is 7.49. The first-order valence-corrected chi connectivity index (χ1v) is 8.29. The van der Waals surface area contributed by atoms with Crippen LogP contribution in [0.25, 0.3) is 0 Å². The predicted molar refractivity (Wildman–Crippen MR) is 70.7 cm³/mol. The smallest absolute Gasteiger partial charge is 0.337 e. The van der Waals surface area contributed by atoms with Gasteiger partial charge in [0.05, 0.1) is 0 Å². The van der Waals surface area contributed by atoms with E-state index in [1.165, 1.54) is 0 Å². The monoisotopic (exact) mass is 248 g/mol. The van der Waals surface area contributed by atoms with Crippen molar-refractivity contribution in [3.63, 3.8) is 0 Å². The normalized spacial score (nSPS) is 16.1. The van der Waals surface area contributed by atoms with Crippen molar-refractivity contribution in [3.05, 3.63) is 0 Å². The Morgan fingerprint density at radius 1 is 1.19 bits per heavy atom. The van der Waals surface area contributed by atoms with Gasteiger partial charge in [-0.25, -0.2) is 0 Å². The topological polar surface area (TPSA) is 56.5 Å². The lowest BCUT2D eigenvalue weighted by atomic mass is 10.2. The molecule has 0 aromatic carbocycles. The van der Waals surface area contributed by atoms with E-state index < -0.39 is 8.56 Å². The van der Waals surface area contributed by atoms with E-state index in [-0.39, 0.29) is 6.04 Å². The molecule has 0 aromatic rings. The van der Waals surface area contributed by atoms with Gasteiger partial charge in [-0.05, 0) is 31.5 Å². The van der Waals surface area contributed by atoms with Crippen LogP contribution >= 0.6 is 0 Å². The average Bonchev–Trinajstić information content (AvgIpc) is 2.25. The van der Waals surface area contributed by atoms with Crippen molar-refractivity contribution in [1.82, 2.24) is 5.32 Å². The Kier molecular flexibility index (Phi) is 8.22. The molecule has 0 aliphatic rings. The van der Waals surface area contributed by atoms with Crippen molar-refractivity contribution in [3.8, 4) is 0 Å². The largest absolute Gasteiger partial charge is 0.398 e. The Hall–Kier alpha value is 0.0569. The third-order valence-electron chi connectivity index (χ3n) is 2.90. The number of nitrogens with one attached hydrogen (secondary N) is 1. The van der Waals surface area contributed by atoms with E-state index in [0.717, 1.165) is 25.2 Å². The van der Waals surface area contributed by atoms with Crippen molar-refractivity contribution in [2.75, 3.05) is 27.3 Å². The van der Waals surface area contributed by atoms with Gasteiger partial charge < -0.3 is 19.9 Å². The lowest BCUT2D eigenvalue weighted by molar-refractivity contribution is 0.235. The summed E-state index contributed by atoms with van der Waals surface area (Å²) >= 11 is 0. The summed E-state index contributed by atoms with van der Waals surface area (Å²) in [4.78, 5) is 0. The summed E-state index contributed by atoms with van der Waals surface area (Å²) in [6.07, 6.45) is 0. The third kappa shape index (κ3) is 5.96. The van der Waals surface area contributed by atoms with Crippen LogP contribution in [0.4, 0.5) is 0 Å². The zero-order chi connectivity index (χ0) is 12.6. The highest BCUT2D eigenvalue weighted by molar-refractivity contribution is 6.67. The second kappa shape index (κ2) is 8.19. The quantitative estimate of drug-likeness (QED) is 0.604. The molecule has 5 heteroatoms. The summed E-state index contributed by atoms with van der Waals surface area (Å²) in [5.41, 5.74) is 5.68. The third-order valence-corrected chi connectivity index (χ3v) is 6.79. The molecule has 16 heavy (non-hydrogen) atoms. The molecule has 2 unspecified atom stereocenters. The van der Waals surface area contributed by atoms with Gasteiger partial charge in [-0.2, -0.15) is 0 Å². The molecule has 0 bridgehead atoms. The first kappa shape index (κ1) is 16.1. The van der Waals surface area contributed by atoms with Gasteiger partial charge in [-0.15, -0.1) is 0 Å². The highest BCUT2D eigenvalue weighted by Crippen LogP contribution is 2.21. The lowest BCUT2D eigenvalue weighted by Crippen LogP contribution is -2.43. The van der Waals surface area contributed by atoms with Crippen LogP contribution in [0.15, 0.2) is 0 Å². The predicted octanol–water partition coefficient (Wildman–Crippen LogP) is 1.31. The molecule has 0 amide bonds. The second-order valence-electron chi connectivity index (χ2n) is 4.62. The maximum absolute atomic E-state index is 5.68. The molecule has 3 N–H and O–H groups in total. The fourth-order valence-electron chi connectivity index (χ4n) is 1.84. The van der Waals surface area contributed by atoms with Crippen LogP contribution in [0.5, 0.6) is 0 Å². The maximum Gasteiger partial charge on any atom is 0.337 e. The van der Waals surface area contributed by atoms with Crippen LogP contribution in [-0.2, 0) is 8.85 Å². The number of hydrogen-bond donors (Lipinski definition) is 2.